The van der Waals surface area contributed by atoms with Crippen LogP contribution < -0.4 is 19.7 Å². The number of rotatable bonds is 5. The molecule has 1 N–H and O–H groups in total. The number of nitrogens with one attached hydrogen (secondary N) is 1. The van der Waals surface area contributed by atoms with Crippen molar-refractivity contribution in [2.45, 2.75) is 38.4 Å². The number of nitrogens with zero attached hydrogens (tertiary/aromatic N) is 2. The number of hydrogen-bond donors (Lipinski definition) is 1. The molecule has 1 atom stereocenters. The number of hydrogen-bond acceptors (Lipinski definition) is 5. The van der Waals surface area contributed by atoms with Gasteiger partial charge in [-0.3, -0.25) is 19.3 Å². The highest BCUT2D eigenvalue weighted by atomic mass is 16.5. The van der Waals surface area contributed by atoms with Gasteiger partial charge < -0.3 is 19.7 Å². The molecule has 2 heterocycles. The highest BCUT2D eigenvalue weighted by molar-refractivity contribution is 6.18. The second-order valence-corrected chi connectivity index (χ2v) is 7.89. The van der Waals surface area contributed by atoms with Gasteiger partial charge in [-0.25, -0.2) is 0 Å². The lowest BCUT2D eigenvalue weighted by atomic mass is 9.94. The van der Waals surface area contributed by atoms with Crippen molar-refractivity contribution in [2.24, 2.45) is 0 Å². The molecule has 4 rings (SSSR count). The van der Waals surface area contributed by atoms with Crippen molar-refractivity contribution >= 4 is 29.1 Å². The zero-order valence-electron chi connectivity index (χ0n) is 18.0. The van der Waals surface area contributed by atoms with Crippen molar-refractivity contribution in [1.82, 2.24) is 4.90 Å². The first-order valence-corrected chi connectivity index (χ1v) is 10.1. The third kappa shape index (κ3) is 3.10. The largest absolute Gasteiger partial charge is 0.497 e. The van der Waals surface area contributed by atoms with Crippen LogP contribution in [-0.2, 0) is 9.59 Å². The quantitative estimate of drug-likeness (QED) is 0.799. The van der Waals surface area contributed by atoms with E-state index in [0.29, 0.717) is 28.4 Å². The van der Waals surface area contributed by atoms with Crippen molar-refractivity contribution in [3.8, 4) is 11.5 Å². The maximum Gasteiger partial charge on any atom is 0.271 e. The van der Waals surface area contributed by atoms with E-state index in [9.17, 15) is 14.4 Å². The van der Waals surface area contributed by atoms with E-state index in [0.717, 1.165) is 0 Å². The van der Waals surface area contributed by atoms with Crippen molar-refractivity contribution in [2.75, 3.05) is 24.4 Å². The topological polar surface area (TPSA) is 88.2 Å². The number of carbonyl (C=O) groups excluding carboxylic acids is 3. The Morgan fingerprint density at radius 2 is 1.71 bits per heavy atom. The molecule has 1 fully saturated rings. The molecule has 8 heteroatoms. The Morgan fingerprint density at radius 1 is 1.06 bits per heavy atom. The zero-order chi connectivity index (χ0) is 22.3. The van der Waals surface area contributed by atoms with E-state index in [1.54, 1.807) is 42.5 Å². The average Bonchev–Trinajstić information content (AvgIpc) is 3.11. The molecule has 0 aromatic heterocycles. The fourth-order valence-electron chi connectivity index (χ4n) is 4.52. The summed E-state index contributed by atoms with van der Waals surface area (Å²) >= 11 is 0. The fourth-order valence-corrected chi connectivity index (χ4v) is 4.52. The van der Waals surface area contributed by atoms with Gasteiger partial charge in [0.05, 0.1) is 25.5 Å². The van der Waals surface area contributed by atoms with Gasteiger partial charge >= 0.3 is 0 Å². The summed E-state index contributed by atoms with van der Waals surface area (Å²) in [5.74, 6) is 0.110. The van der Waals surface area contributed by atoms with Gasteiger partial charge in [-0.05, 0) is 26.0 Å². The number of amides is 3. The number of para-hydroxylation sites is 1. The third-order valence-electron chi connectivity index (χ3n) is 5.79. The van der Waals surface area contributed by atoms with Crippen LogP contribution in [-0.4, -0.2) is 48.5 Å². The normalized spacial score (nSPS) is 19.9. The average molecular weight is 423 g/mol. The van der Waals surface area contributed by atoms with Crippen molar-refractivity contribution in [3.63, 3.8) is 0 Å². The van der Waals surface area contributed by atoms with Crippen molar-refractivity contribution in [3.05, 3.63) is 48.0 Å². The van der Waals surface area contributed by atoms with Crippen molar-refractivity contribution < 1.29 is 23.9 Å². The Balaban J connectivity index is 1.83. The molecule has 2 aliphatic rings. The van der Waals surface area contributed by atoms with E-state index < -0.39 is 11.6 Å². The molecule has 8 nitrogen and oxygen atoms in total. The van der Waals surface area contributed by atoms with Crippen molar-refractivity contribution in [1.29, 1.82) is 0 Å². The fraction of sp³-hybridized carbons (Fsp3) is 0.348. The van der Waals surface area contributed by atoms with Gasteiger partial charge in [0.15, 0.2) is 0 Å². The minimum Gasteiger partial charge on any atom is -0.497 e. The molecule has 1 saturated heterocycles. The Morgan fingerprint density at radius 3 is 2.32 bits per heavy atom. The van der Waals surface area contributed by atoms with Crippen LogP contribution >= 0.6 is 0 Å². The molecule has 2 aromatic rings. The monoisotopic (exact) mass is 423 g/mol. The van der Waals surface area contributed by atoms with Crippen LogP contribution in [0.3, 0.4) is 0 Å². The minimum atomic E-state index is -1.45. The molecule has 0 spiro atoms. The third-order valence-corrected chi connectivity index (χ3v) is 5.79. The Labute approximate surface area is 180 Å². The van der Waals surface area contributed by atoms with E-state index in [-0.39, 0.29) is 30.7 Å². The van der Waals surface area contributed by atoms with Crippen LogP contribution in [0.2, 0.25) is 0 Å². The smallest absolute Gasteiger partial charge is 0.271 e. The van der Waals surface area contributed by atoms with Crippen LogP contribution in [0.25, 0.3) is 0 Å². The summed E-state index contributed by atoms with van der Waals surface area (Å²) in [4.78, 5) is 43.2. The molecular weight excluding hydrogens is 398 g/mol. The van der Waals surface area contributed by atoms with Crippen LogP contribution in [0.15, 0.2) is 42.5 Å². The molecule has 0 radical (unpaired) electrons. The van der Waals surface area contributed by atoms with Crippen LogP contribution in [0, 0.1) is 0 Å². The molecule has 162 valence electrons. The van der Waals surface area contributed by atoms with Gasteiger partial charge in [0.2, 0.25) is 11.6 Å². The lowest BCUT2D eigenvalue weighted by Gasteiger charge is -2.50. The van der Waals surface area contributed by atoms with Crippen LogP contribution in [0.4, 0.5) is 11.4 Å². The number of methoxy groups -OCH3 is 2. The predicted molar refractivity (Wildman–Crippen MR) is 115 cm³/mol. The summed E-state index contributed by atoms with van der Waals surface area (Å²) in [6.07, 6.45) is 0.372. The van der Waals surface area contributed by atoms with E-state index in [1.165, 1.54) is 24.0 Å². The second kappa shape index (κ2) is 7.61. The summed E-state index contributed by atoms with van der Waals surface area (Å²) in [6.45, 7) is 3.69. The summed E-state index contributed by atoms with van der Waals surface area (Å²) in [5.41, 5.74) is -0.124. The molecule has 0 unspecified atom stereocenters. The SMILES string of the molecule is COc1cc(NC(=O)[C@@]23CCC(=O)N2c2ccccc2C(=O)N3C(C)C)cc(OC)c1. The van der Waals surface area contributed by atoms with E-state index >= 15 is 0 Å². The number of carbonyl (C=O) groups is 3. The van der Waals surface area contributed by atoms with E-state index in [4.69, 9.17) is 9.47 Å². The predicted octanol–water partition coefficient (Wildman–Crippen LogP) is 3.03. The number of anilines is 2. The first kappa shape index (κ1) is 20.7. The molecule has 2 aromatic carbocycles. The summed E-state index contributed by atoms with van der Waals surface area (Å²) in [7, 11) is 3.04. The Kier molecular flexibility index (Phi) is 5.08. The zero-order valence-corrected chi connectivity index (χ0v) is 18.0. The maximum absolute atomic E-state index is 13.8. The highest BCUT2D eigenvalue weighted by Gasteiger charge is 2.61. The summed E-state index contributed by atoms with van der Waals surface area (Å²) in [5, 5.41) is 2.89. The van der Waals surface area contributed by atoms with Crippen LogP contribution in [0.5, 0.6) is 11.5 Å². The summed E-state index contributed by atoms with van der Waals surface area (Å²) in [6, 6.07) is 11.6. The first-order valence-electron chi connectivity index (χ1n) is 10.1. The lowest BCUT2D eigenvalue weighted by Crippen LogP contribution is -2.70. The Bertz CT molecular complexity index is 1040. The first-order chi connectivity index (χ1) is 14.8. The molecule has 0 aliphatic carbocycles. The van der Waals surface area contributed by atoms with Gasteiger partial charge in [0.1, 0.15) is 11.5 Å². The van der Waals surface area contributed by atoms with Crippen LogP contribution in [0.1, 0.15) is 37.0 Å². The number of fused-ring (bicyclic) bond motifs is 3. The standard InChI is InChI=1S/C23H25N3O5/c1-14(2)25-21(28)18-7-5-6-8-19(18)26-20(27)9-10-23(25,26)22(29)24-15-11-16(30-3)13-17(12-15)31-4/h5-8,11-14H,9-10H2,1-4H3,(H,24,29)/t23-/m1/s1. The van der Waals surface area contributed by atoms with E-state index in [2.05, 4.69) is 5.32 Å². The molecule has 3 amide bonds. The molecule has 31 heavy (non-hydrogen) atoms. The molecule has 2 aliphatic heterocycles. The minimum absolute atomic E-state index is 0.166. The number of ether oxygens (including phenoxy) is 2. The van der Waals surface area contributed by atoms with Gasteiger partial charge in [0.25, 0.3) is 11.8 Å². The molecule has 0 saturated carbocycles. The summed E-state index contributed by atoms with van der Waals surface area (Å²) < 4.78 is 10.6. The van der Waals surface area contributed by atoms with Gasteiger partial charge in [-0.1, -0.05) is 12.1 Å². The maximum atomic E-state index is 13.8. The molecule has 0 bridgehead atoms. The van der Waals surface area contributed by atoms with Gasteiger partial charge in [0, 0.05) is 42.8 Å². The highest BCUT2D eigenvalue weighted by Crippen LogP contribution is 2.46. The van der Waals surface area contributed by atoms with Gasteiger partial charge in [-0.2, -0.15) is 0 Å². The molecular formula is C23H25N3O5. The lowest BCUT2D eigenvalue weighted by molar-refractivity contribution is -0.129. The number of benzene rings is 2. The van der Waals surface area contributed by atoms with Gasteiger partial charge in [-0.15, -0.1) is 0 Å². The van der Waals surface area contributed by atoms with E-state index in [1.807, 2.05) is 13.8 Å². The Hall–Kier alpha value is -3.55. The second-order valence-electron chi connectivity index (χ2n) is 7.89.